The number of nitrogens with one attached hydrogen (secondary N) is 2. The smallest absolute Gasteiger partial charge is 0.407 e. The summed E-state index contributed by atoms with van der Waals surface area (Å²) in [5.41, 5.74) is 4.41. The number of aliphatic carboxylic acids is 1. The molecule has 3 N–H and O–H groups in total. The lowest BCUT2D eigenvalue weighted by Gasteiger charge is -2.22. The number of ether oxygens (including phenoxy) is 1. The van der Waals surface area contributed by atoms with E-state index in [0.717, 1.165) is 22.3 Å². The second-order valence-corrected chi connectivity index (χ2v) is 8.80. The highest BCUT2D eigenvalue weighted by Crippen LogP contribution is 2.44. The van der Waals surface area contributed by atoms with Crippen molar-refractivity contribution in [3.05, 3.63) is 59.7 Å². The third-order valence-electron chi connectivity index (χ3n) is 5.92. The maximum atomic E-state index is 12.8. The fourth-order valence-corrected chi connectivity index (χ4v) is 4.14. The van der Waals surface area contributed by atoms with Crippen LogP contribution in [0.1, 0.15) is 50.2 Å². The first kappa shape index (κ1) is 24.8. The lowest BCUT2D eigenvalue weighted by Crippen LogP contribution is -2.51. The second-order valence-electron chi connectivity index (χ2n) is 8.80. The standard InChI is InChI=1S/C27H30N2O5/c1-4-9-24(26(31)32)28-25(30)23(15-14-17(2)3)29-27(33)34-16-22-20-12-7-5-10-18(20)19-11-6-8-13-21(19)22/h1,5-8,10-13,17,22-24H,9,14-16H2,2-3H3,(H,28,30)(H,29,33)(H,31,32). The van der Waals surface area contributed by atoms with Gasteiger partial charge >= 0.3 is 12.1 Å². The van der Waals surface area contributed by atoms with Crippen molar-refractivity contribution in [2.45, 2.75) is 51.1 Å². The maximum absolute atomic E-state index is 12.8. The van der Waals surface area contributed by atoms with E-state index >= 15 is 0 Å². The Bertz CT molecular complexity index is 1040. The molecule has 0 bridgehead atoms. The number of alkyl carbamates (subject to hydrolysis) is 1. The molecule has 0 aliphatic heterocycles. The highest BCUT2D eigenvalue weighted by atomic mass is 16.5. The third-order valence-corrected chi connectivity index (χ3v) is 5.92. The van der Waals surface area contributed by atoms with Crippen molar-refractivity contribution >= 4 is 18.0 Å². The Kier molecular flexibility index (Phi) is 8.31. The molecule has 2 unspecified atom stereocenters. The zero-order chi connectivity index (χ0) is 24.7. The summed E-state index contributed by atoms with van der Waals surface area (Å²) >= 11 is 0. The van der Waals surface area contributed by atoms with Gasteiger partial charge in [-0.3, -0.25) is 4.79 Å². The van der Waals surface area contributed by atoms with Gasteiger partial charge in [0.15, 0.2) is 0 Å². The Morgan fingerprint density at radius 3 is 2.09 bits per heavy atom. The molecule has 0 fully saturated rings. The molecule has 0 saturated carbocycles. The highest BCUT2D eigenvalue weighted by Gasteiger charge is 2.30. The SMILES string of the molecule is C#CCC(NC(=O)C(CCC(C)C)NC(=O)OCC1c2ccccc2-c2ccccc21)C(=O)O. The molecular weight excluding hydrogens is 432 g/mol. The van der Waals surface area contributed by atoms with Gasteiger partial charge in [-0.25, -0.2) is 9.59 Å². The number of benzene rings is 2. The van der Waals surface area contributed by atoms with E-state index in [4.69, 9.17) is 11.2 Å². The van der Waals surface area contributed by atoms with Crippen molar-refractivity contribution in [1.29, 1.82) is 0 Å². The van der Waals surface area contributed by atoms with E-state index in [1.807, 2.05) is 50.2 Å². The number of rotatable bonds is 10. The molecule has 2 aromatic rings. The van der Waals surface area contributed by atoms with E-state index in [9.17, 15) is 19.5 Å². The number of carboxylic acids is 1. The van der Waals surface area contributed by atoms with Crippen LogP contribution < -0.4 is 10.6 Å². The van der Waals surface area contributed by atoms with E-state index in [0.29, 0.717) is 18.8 Å². The lowest BCUT2D eigenvalue weighted by molar-refractivity contribution is -0.142. The third kappa shape index (κ3) is 5.96. The Morgan fingerprint density at radius 1 is 0.971 bits per heavy atom. The molecule has 3 rings (SSSR count). The number of amides is 2. The number of carboxylic acid groups (broad SMARTS) is 1. The number of carbonyl (C=O) groups excluding carboxylic acids is 2. The normalized spacial score (nSPS) is 13.8. The average molecular weight is 463 g/mol. The van der Waals surface area contributed by atoms with Crippen LogP contribution in [0.15, 0.2) is 48.5 Å². The average Bonchev–Trinajstić information content (AvgIpc) is 3.13. The van der Waals surface area contributed by atoms with Crippen LogP contribution >= 0.6 is 0 Å². The van der Waals surface area contributed by atoms with Crippen molar-refractivity contribution in [3.8, 4) is 23.5 Å². The van der Waals surface area contributed by atoms with Crippen molar-refractivity contribution in [2.75, 3.05) is 6.61 Å². The summed E-state index contributed by atoms with van der Waals surface area (Å²) in [5.74, 6) is 0.606. The zero-order valence-corrected chi connectivity index (χ0v) is 19.4. The van der Waals surface area contributed by atoms with Gasteiger partial charge in [-0.1, -0.05) is 62.4 Å². The molecule has 2 atom stereocenters. The fourth-order valence-electron chi connectivity index (χ4n) is 4.14. The summed E-state index contributed by atoms with van der Waals surface area (Å²) < 4.78 is 5.55. The molecule has 1 aliphatic rings. The Hall–Kier alpha value is -3.79. The van der Waals surface area contributed by atoms with Crippen LogP contribution in [0.25, 0.3) is 11.1 Å². The topological polar surface area (TPSA) is 105 Å². The second kappa shape index (κ2) is 11.4. The molecule has 7 heteroatoms. The van der Waals surface area contributed by atoms with Crippen LogP contribution in [0, 0.1) is 18.3 Å². The van der Waals surface area contributed by atoms with E-state index in [2.05, 4.69) is 28.7 Å². The van der Waals surface area contributed by atoms with E-state index in [-0.39, 0.29) is 18.9 Å². The summed E-state index contributed by atoms with van der Waals surface area (Å²) in [4.78, 5) is 36.8. The van der Waals surface area contributed by atoms with Gasteiger partial charge in [-0.05, 0) is 41.0 Å². The van der Waals surface area contributed by atoms with Gasteiger partial charge < -0.3 is 20.5 Å². The quantitative estimate of drug-likeness (QED) is 0.464. The van der Waals surface area contributed by atoms with Gasteiger partial charge in [0.25, 0.3) is 0 Å². The van der Waals surface area contributed by atoms with Gasteiger partial charge in [0.1, 0.15) is 18.7 Å². The van der Waals surface area contributed by atoms with Crippen molar-refractivity contribution in [3.63, 3.8) is 0 Å². The molecule has 0 spiro atoms. The molecule has 0 radical (unpaired) electrons. The van der Waals surface area contributed by atoms with Gasteiger partial charge in [0, 0.05) is 12.3 Å². The maximum Gasteiger partial charge on any atom is 0.407 e. The Morgan fingerprint density at radius 2 is 1.56 bits per heavy atom. The first-order chi connectivity index (χ1) is 16.3. The van der Waals surface area contributed by atoms with Crippen molar-refractivity contribution in [2.24, 2.45) is 5.92 Å². The summed E-state index contributed by atoms with van der Waals surface area (Å²) in [5, 5.41) is 14.3. The minimum Gasteiger partial charge on any atom is -0.480 e. The van der Waals surface area contributed by atoms with Crippen LogP contribution in [0.4, 0.5) is 4.79 Å². The van der Waals surface area contributed by atoms with Gasteiger partial charge in [0.05, 0.1) is 0 Å². The van der Waals surface area contributed by atoms with E-state index in [1.54, 1.807) is 0 Å². The lowest BCUT2D eigenvalue weighted by atomic mass is 9.98. The summed E-state index contributed by atoms with van der Waals surface area (Å²) in [6.07, 6.45) is 5.34. The van der Waals surface area contributed by atoms with Gasteiger partial charge in [-0.2, -0.15) is 0 Å². The number of carbonyl (C=O) groups is 3. The van der Waals surface area contributed by atoms with Crippen molar-refractivity contribution in [1.82, 2.24) is 10.6 Å². The number of terminal acetylenes is 1. The molecule has 2 aromatic carbocycles. The first-order valence-corrected chi connectivity index (χ1v) is 11.4. The molecule has 34 heavy (non-hydrogen) atoms. The van der Waals surface area contributed by atoms with Crippen LogP contribution in [0.3, 0.4) is 0 Å². The largest absolute Gasteiger partial charge is 0.480 e. The fraction of sp³-hybridized carbons (Fsp3) is 0.370. The summed E-state index contributed by atoms with van der Waals surface area (Å²) in [6.45, 7) is 4.12. The van der Waals surface area contributed by atoms with Crippen LogP contribution in [0.2, 0.25) is 0 Å². The van der Waals surface area contributed by atoms with Gasteiger partial charge in [0.2, 0.25) is 5.91 Å². The Labute approximate surface area is 199 Å². The highest BCUT2D eigenvalue weighted by molar-refractivity contribution is 5.89. The minimum absolute atomic E-state index is 0.104. The number of hydrogen-bond donors (Lipinski definition) is 3. The molecular formula is C27H30N2O5. The van der Waals surface area contributed by atoms with Crippen LogP contribution in [-0.4, -0.2) is 41.8 Å². The predicted octanol–water partition coefficient (Wildman–Crippen LogP) is 3.92. The molecule has 0 heterocycles. The Balaban J connectivity index is 1.67. The number of fused-ring (bicyclic) bond motifs is 3. The molecule has 7 nitrogen and oxygen atoms in total. The molecule has 178 valence electrons. The first-order valence-electron chi connectivity index (χ1n) is 11.4. The monoisotopic (exact) mass is 462 g/mol. The van der Waals surface area contributed by atoms with Crippen LogP contribution in [0.5, 0.6) is 0 Å². The molecule has 0 saturated heterocycles. The number of hydrogen-bond acceptors (Lipinski definition) is 4. The van der Waals surface area contributed by atoms with E-state index < -0.39 is 30.1 Å². The zero-order valence-electron chi connectivity index (χ0n) is 19.4. The van der Waals surface area contributed by atoms with E-state index in [1.165, 1.54) is 0 Å². The minimum atomic E-state index is -1.23. The molecule has 1 aliphatic carbocycles. The summed E-state index contributed by atoms with van der Waals surface area (Å²) in [7, 11) is 0. The summed E-state index contributed by atoms with van der Waals surface area (Å²) in [6, 6.07) is 13.9. The van der Waals surface area contributed by atoms with Crippen molar-refractivity contribution < 1.29 is 24.2 Å². The molecule has 2 amide bonds. The van der Waals surface area contributed by atoms with Crippen LogP contribution in [-0.2, 0) is 14.3 Å². The molecule has 0 aromatic heterocycles. The predicted molar refractivity (Wildman–Crippen MR) is 129 cm³/mol. The van der Waals surface area contributed by atoms with Gasteiger partial charge in [-0.15, -0.1) is 12.3 Å².